The van der Waals surface area contributed by atoms with Crippen LogP contribution in [0.1, 0.15) is 23.8 Å². The van der Waals surface area contributed by atoms with Crippen molar-refractivity contribution in [2.75, 3.05) is 20.4 Å². The number of nitrogens with zero attached hydrogens (tertiary/aromatic N) is 3. The predicted octanol–water partition coefficient (Wildman–Crippen LogP) is 2.99. The van der Waals surface area contributed by atoms with E-state index in [1.165, 1.54) is 0 Å². The van der Waals surface area contributed by atoms with Crippen LogP contribution in [0.2, 0.25) is 0 Å². The molecule has 8 nitrogen and oxygen atoms in total. The quantitative estimate of drug-likeness (QED) is 0.658. The van der Waals surface area contributed by atoms with E-state index in [0.717, 1.165) is 22.6 Å². The lowest BCUT2D eigenvalue weighted by Crippen LogP contribution is -2.24. The van der Waals surface area contributed by atoms with E-state index in [1.807, 2.05) is 42.5 Å². The number of carbonyl (C=O) groups is 1. The zero-order chi connectivity index (χ0) is 19.8. The van der Waals surface area contributed by atoms with Crippen LogP contribution in [-0.2, 0) is 11.3 Å². The van der Waals surface area contributed by atoms with Gasteiger partial charge in [-0.05, 0) is 29.8 Å². The van der Waals surface area contributed by atoms with E-state index in [-0.39, 0.29) is 18.6 Å². The van der Waals surface area contributed by atoms with Crippen LogP contribution >= 0.6 is 0 Å². The molecule has 1 saturated heterocycles. The summed E-state index contributed by atoms with van der Waals surface area (Å²) in [6.45, 7) is 1.27. The fourth-order valence-electron chi connectivity index (χ4n) is 3.63. The largest absolute Gasteiger partial charge is 0.497 e. The standard InChI is InChI=1S/C21H19N3O5/c1-26-16-4-2-3-14(8-16)20-22-21(29-23-20)15-9-19(25)24(11-15)10-13-5-6-17-18(7-13)28-12-27-17/h2-8,15H,9-12H2,1H3. The summed E-state index contributed by atoms with van der Waals surface area (Å²) in [7, 11) is 1.61. The van der Waals surface area contributed by atoms with E-state index in [2.05, 4.69) is 10.1 Å². The van der Waals surface area contributed by atoms with E-state index in [0.29, 0.717) is 37.0 Å². The lowest BCUT2D eigenvalue weighted by atomic mass is 10.1. The Morgan fingerprint density at radius 2 is 2.07 bits per heavy atom. The molecule has 1 atom stereocenters. The van der Waals surface area contributed by atoms with Crippen LogP contribution in [0.5, 0.6) is 17.2 Å². The van der Waals surface area contributed by atoms with Gasteiger partial charge in [0.05, 0.1) is 13.0 Å². The number of rotatable bonds is 5. The van der Waals surface area contributed by atoms with E-state index in [4.69, 9.17) is 18.7 Å². The van der Waals surface area contributed by atoms with Crippen molar-refractivity contribution in [3.8, 4) is 28.6 Å². The summed E-state index contributed by atoms with van der Waals surface area (Å²) in [4.78, 5) is 18.8. The van der Waals surface area contributed by atoms with Crippen LogP contribution in [0, 0.1) is 0 Å². The molecule has 2 aliphatic heterocycles. The Bertz CT molecular complexity index is 1060. The number of methoxy groups -OCH3 is 1. The third-order valence-corrected chi connectivity index (χ3v) is 5.14. The first-order valence-electron chi connectivity index (χ1n) is 9.34. The number of likely N-dealkylation sites (tertiary alicyclic amines) is 1. The molecule has 29 heavy (non-hydrogen) atoms. The maximum Gasteiger partial charge on any atom is 0.232 e. The number of fused-ring (bicyclic) bond motifs is 1. The zero-order valence-corrected chi connectivity index (χ0v) is 15.8. The van der Waals surface area contributed by atoms with Crippen molar-refractivity contribution in [1.82, 2.24) is 15.0 Å². The molecule has 3 heterocycles. The minimum atomic E-state index is -0.122. The molecule has 2 aliphatic rings. The highest BCUT2D eigenvalue weighted by atomic mass is 16.7. The molecule has 0 saturated carbocycles. The van der Waals surface area contributed by atoms with Crippen molar-refractivity contribution < 1.29 is 23.5 Å². The lowest BCUT2D eigenvalue weighted by Gasteiger charge is -2.16. The van der Waals surface area contributed by atoms with Crippen LogP contribution in [-0.4, -0.2) is 41.4 Å². The molecule has 1 unspecified atom stereocenters. The highest BCUT2D eigenvalue weighted by molar-refractivity contribution is 5.79. The number of hydrogen-bond donors (Lipinski definition) is 0. The van der Waals surface area contributed by atoms with Gasteiger partial charge in [-0.3, -0.25) is 4.79 Å². The van der Waals surface area contributed by atoms with Crippen molar-refractivity contribution in [1.29, 1.82) is 0 Å². The Kier molecular flexibility index (Phi) is 4.31. The normalized spacial score (nSPS) is 17.8. The number of hydrogen-bond acceptors (Lipinski definition) is 7. The summed E-state index contributed by atoms with van der Waals surface area (Å²) in [6.07, 6.45) is 0.351. The van der Waals surface area contributed by atoms with Gasteiger partial charge in [-0.2, -0.15) is 4.98 Å². The maximum absolute atomic E-state index is 12.5. The number of carbonyl (C=O) groups excluding carboxylic acids is 1. The van der Waals surface area contributed by atoms with Gasteiger partial charge in [0.25, 0.3) is 0 Å². The molecular formula is C21H19N3O5. The van der Waals surface area contributed by atoms with Gasteiger partial charge in [-0.1, -0.05) is 23.4 Å². The summed E-state index contributed by atoms with van der Waals surface area (Å²) in [6, 6.07) is 13.2. The molecule has 1 fully saturated rings. The fourth-order valence-corrected chi connectivity index (χ4v) is 3.63. The van der Waals surface area contributed by atoms with Crippen molar-refractivity contribution in [3.63, 3.8) is 0 Å². The smallest absolute Gasteiger partial charge is 0.232 e. The highest BCUT2D eigenvalue weighted by Gasteiger charge is 2.34. The van der Waals surface area contributed by atoms with Crippen molar-refractivity contribution in [2.24, 2.45) is 0 Å². The first-order valence-corrected chi connectivity index (χ1v) is 9.34. The highest BCUT2D eigenvalue weighted by Crippen LogP contribution is 2.34. The number of ether oxygens (including phenoxy) is 3. The molecule has 148 valence electrons. The Morgan fingerprint density at radius 3 is 2.97 bits per heavy atom. The van der Waals surface area contributed by atoms with Crippen molar-refractivity contribution in [3.05, 3.63) is 53.9 Å². The zero-order valence-electron chi connectivity index (χ0n) is 15.8. The number of aromatic nitrogens is 2. The van der Waals surface area contributed by atoms with Gasteiger partial charge in [0.2, 0.25) is 24.4 Å². The molecule has 8 heteroatoms. The summed E-state index contributed by atoms with van der Waals surface area (Å²) < 4.78 is 21.5. The summed E-state index contributed by atoms with van der Waals surface area (Å²) in [5.41, 5.74) is 1.80. The molecule has 3 aromatic rings. The van der Waals surface area contributed by atoms with Crippen LogP contribution in [0.4, 0.5) is 0 Å². The monoisotopic (exact) mass is 393 g/mol. The van der Waals surface area contributed by atoms with Crippen LogP contribution in [0.25, 0.3) is 11.4 Å². The second kappa shape index (κ2) is 7.12. The minimum absolute atomic E-state index is 0.0637. The molecule has 1 amide bonds. The van der Waals surface area contributed by atoms with Gasteiger partial charge >= 0.3 is 0 Å². The molecule has 5 rings (SSSR count). The van der Waals surface area contributed by atoms with Gasteiger partial charge in [0.15, 0.2) is 11.5 Å². The summed E-state index contributed by atoms with van der Waals surface area (Å²) >= 11 is 0. The molecule has 0 spiro atoms. The SMILES string of the molecule is COc1cccc(-c2noc(C3CC(=O)N(Cc4ccc5c(c4)OCO5)C3)n2)c1. The molecule has 0 bridgehead atoms. The summed E-state index contributed by atoms with van der Waals surface area (Å²) in [5, 5.41) is 4.08. The van der Waals surface area contributed by atoms with Gasteiger partial charge in [-0.25, -0.2) is 0 Å². The summed E-state index contributed by atoms with van der Waals surface area (Å²) in [5.74, 6) is 3.07. The van der Waals surface area contributed by atoms with Crippen LogP contribution in [0.3, 0.4) is 0 Å². The third kappa shape index (κ3) is 3.37. The Morgan fingerprint density at radius 1 is 1.17 bits per heavy atom. The molecular weight excluding hydrogens is 374 g/mol. The molecule has 2 aromatic carbocycles. The van der Waals surface area contributed by atoms with E-state index in [9.17, 15) is 4.79 Å². The molecule has 0 N–H and O–H groups in total. The second-order valence-electron chi connectivity index (χ2n) is 7.05. The Hall–Kier alpha value is -3.55. The average molecular weight is 393 g/mol. The fraction of sp³-hybridized carbons (Fsp3) is 0.286. The molecule has 0 radical (unpaired) electrons. The Balaban J connectivity index is 1.30. The Labute approximate surface area is 167 Å². The van der Waals surface area contributed by atoms with Gasteiger partial charge < -0.3 is 23.6 Å². The predicted molar refractivity (Wildman–Crippen MR) is 102 cm³/mol. The lowest BCUT2D eigenvalue weighted by molar-refractivity contribution is -0.128. The third-order valence-electron chi connectivity index (χ3n) is 5.14. The molecule has 0 aliphatic carbocycles. The molecule has 1 aromatic heterocycles. The second-order valence-corrected chi connectivity index (χ2v) is 7.05. The van der Waals surface area contributed by atoms with Crippen molar-refractivity contribution >= 4 is 5.91 Å². The van der Waals surface area contributed by atoms with Crippen LogP contribution < -0.4 is 14.2 Å². The number of benzene rings is 2. The topological polar surface area (TPSA) is 86.9 Å². The van der Waals surface area contributed by atoms with Crippen molar-refractivity contribution in [2.45, 2.75) is 18.9 Å². The average Bonchev–Trinajstić information content (AvgIpc) is 3.48. The van der Waals surface area contributed by atoms with E-state index < -0.39 is 0 Å². The van der Waals surface area contributed by atoms with Gasteiger partial charge in [-0.15, -0.1) is 0 Å². The minimum Gasteiger partial charge on any atom is -0.497 e. The van der Waals surface area contributed by atoms with Gasteiger partial charge in [0, 0.05) is 25.1 Å². The number of amides is 1. The first kappa shape index (κ1) is 17.5. The first-order chi connectivity index (χ1) is 14.2. The maximum atomic E-state index is 12.5. The van der Waals surface area contributed by atoms with E-state index >= 15 is 0 Å². The van der Waals surface area contributed by atoms with E-state index in [1.54, 1.807) is 12.0 Å². The van der Waals surface area contributed by atoms with Gasteiger partial charge in [0.1, 0.15) is 5.75 Å². The van der Waals surface area contributed by atoms with Crippen LogP contribution in [0.15, 0.2) is 47.0 Å².